The highest BCUT2D eigenvalue weighted by Crippen LogP contribution is 2.21. The molecule has 0 spiro atoms. The Balaban J connectivity index is 2.34. The zero-order chi connectivity index (χ0) is 15.9. The standard InChI is InChI=1S/C17H21N3O2/c1-4-5-13-19(17(21)22-14(2)3)16-11-12-18-20(16)15-9-7-6-8-10-15/h6-12H,2,4-5,13H2,1,3H3. The van der Waals surface area contributed by atoms with E-state index < -0.39 is 6.09 Å². The van der Waals surface area contributed by atoms with Gasteiger partial charge in [-0.25, -0.2) is 9.48 Å². The van der Waals surface area contributed by atoms with E-state index in [4.69, 9.17) is 4.74 Å². The number of hydrogen-bond donors (Lipinski definition) is 0. The van der Waals surface area contributed by atoms with E-state index in [1.165, 1.54) is 0 Å². The van der Waals surface area contributed by atoms with E-state index >= 15 is 0 Å². The SMILES string of the molecule is C=C(C)OC(=O)N(CCCC)c1ccnn1-c1ccccc1. The summed E-state index contributed by atoms with van der Waals surface area (Å²) >= 11 is 0. The molecule has 116 valence electrons. The molecule has 1 aromatic carbocycles. The summed E-state index contributed by atoms with van der Waals surface area (Å²) in [6.07, 6.45) is 3.11. The van der Waals surface area contributed by atoms with E-state index in [1.54, 1.807) is 22.7 Å². The second kappa shape index (κ2) is 7.45. The molecule has 5 nitrogen and oxygen atoms in total. The number of hydrogen-bond acceptors (Lipinski definition) is 3. The first-order valence-electron chi connectivity index (χ1n) is 7.37. The number of benzene rings is 1. The maximum Gasteiger partial charge on any atom is 0.420 e. The smallest absolute Gasteiger partial charge is 0.415 e. The summed E-state index contributed by atoms with van der Waals surface area (Å²) in [5.74, 6) is 1.06. The summed E-state index contributed by atoms with van der Waals surface area (Å²) in [6, 6.07) is 11.5. The fraction of sp³-hybridized carbons (Fsp3) is 0.294. The van der Waals surface area contributed by atoms with Crippen molar-refractivity contribution in [3.8, 4) is 5.69 Å². The quantitative estimate of drug-likeness (QED) is 0.753. The largest absolute Gasteiger partial charge is 0.420 e. The number of allylic oxidation sites excluding steroid dienone is 1. The van der Waals surface area contributed by atoms with Crippen molar-refractivity contribution in [2.45, 2.75) is 26.7 Å². The molecule has 0 saturated carbocycles. The number of carbonyl (C=O) groups excluding carboxylic acids is 1. The van der Waals surface area contributed by atoms with Crippen molar-refractivity contribution < 1.29 is 9.53 Å². The van der Waals surface area contributed by atoms with Crippen LogP contribution in [0.25, 0.3) is 5.69 Å². The highest BCUT2D eigenvalue weighted by atomic mass is 16.6. The van der Waals surface area contributed by atoms with Crippen molar-refractivity contribution in [3.05, 3.63) is 54.9 Å². The molecule has 0 aliphatic carbocycles. The third kappa shape index (κ3) is 3.75. The lowest BCUT2D eigenvalue weighted by molar-refractivity contribution is 0.183. The summed E-state index contributed by atoms with van der Waals surface area (Å²) in [6.45, 7) is 7.94. The van der Waals surface area contributed by atoms with E-state index in [9.17, 15) is 4.79 Å². The number of ether oxygens (including phenoxy) is 1. The average molecular weight is 299 g/mol. The first kappa shape index (κ1) is 15.8. The number of anilines is 1. The van der Waals surface area contributed by atoms with Gasteiger partial charge in [0.05, 0.1) is 17.6 Å². The van der Waals surface area contributed by atoms with E-state index in [0.717, 1.165) is 18.5 Å². The molecule has 1 aromatic heterocycles. The van der Waals surface area contributed by atoms with Gasteiger partial charge in [0.1, 0.15) is 5.82 Å². The van der Waals surface area contributed by atoms with Gasteiger partial charge >= 0.3 is 6.09 Å². The molecule has 5 heteroatoms. The Kier molecular flexibility index (Phi) is 5.36. The molecule has 2 rings (SSSR count). The van der Waals surface area contributed by atoms with Gasteiger partial charge in [-0.2, -0.15) is 5.10 Å². The minimum atomic E-state index is -0.432. The third-order valence-corrected chi connectivity index (χ3v) is 3.12. The van der Waals surface area contributed by atoms with Crippen LogP contribution in [0.15, 0.2) is 54.9 Å². The Hall–Kier alpha value is -2.56. The van der Waals surface area contributed by atoms with Crippen molar-refractivity contribution in [2.24, 2.45) is 0 Å². The van der Waals surface area contributed by atoms with Gasteiger partial charge in [-0.15, -0.1) is 0 Å². The summed E-state index contributed by atoms with van der Waals surface area (Å²) in [5, 5.41) is 4.32. The van der Waals surface area contributed by atoms with Crippen LogP contribution in [0.1, 0.15) is 26.7 Å². The van der Waals surface area contributed by atoms with Gasteiger partial charge in [0.25, 0.3) is 0 Å². The zero-order valence-corrected chi connectivity index (χ0v) is 13.0. The monoisotopic (exact) mass is 299 g/mol. The second-order valence-electron chi connectivity index (χ2n) is 5.01. The molecule has 0 N–H and O–H groups in total. The maximum absolute atomic E-state index is 12.3. The minimum Gasteiger partial charge on any atom is -0.415 e. The normalized spacial score (nSPS) is 10.3. The number of unbranched alkanes of at least 4 members (excludes halogenated alkanes) is 1. The van der Waals surface area contributed by atoms with Crippen LogP contribution in [0.3, 0.4) is 0 Å². The van der Waals surface area contributed by atoms with Gasteiger partial charge in [0.15, 0.2) is 0 Å². The van der Waals surface area contributed by atoms with Crippen molar-refractivity contribution in [1.82, 2.24) is 9.78 Å². The first-order valence-corrected chi connectivity index (χ1v) is 7.37. The van der Waals surface area contributed by atoms with Crippen LogP contribution in [0.5, 0.6) is 0 Å². The molecule has 0 bridgehead atoms. The van der Waals surface area contributed by atoms with Crippen LogP contribution >= 0.6 is 0 Å². The summed E-state index contributed by atoms with van der Waals surface area (Å²) in [5.41, 5.74) is 0.895. The highest BCUT2D eigenvalue weighted by Gasteiger charge is 2.21. The van der Waals surface area contributed by atoms with Crippen LogP contribution in [-0.4, -0.2) is 22.4 Å². The molecular weight excluding hydrogens is 278 g/mol. The van der Waals surface area contributed by atoms with E-state index in [2.05, 4.69) is 18.6 Å². The van der Waals surface area contributed by atoms with Crippen molar-refractivity contribution in [1.29, 1.82) is 0 Å². The highest BCUT2D eigenvalue weighted by molar-refractivity contribution is 5.87. The van der Waals surface area contributed by atoms with Crippen LogP contribution in [0.2, 0.25) is 0 Å². The van der Waals surface area contributed by atoms with Crippen LogP contribution in [0, 0.1) is 0 Å². The summed E-state index contributed by atoms with van der Waals surface area (Å²) < 4.78 is 6.91. The molecule has 0 aliphatic rings. The Morgan fingerprint density at radius 2 is 2.05 bits per heavy atom. The Morgan fingerprint density at radius 1 is 1.32 bits per heavy atom. The molecule has 1 amide bonds. The number of rotatable bonds is 6. The van der Waals surface area contributed by atoms with Crippen molar-refractivity contribution in [2.75, 3.05) is 11.4 Å². The molecule has 0 saturated heterocycles. The summed E-state index contributed by atoms with van der Waals surface area (Å²) in [4.78, 5) is 13.9. The van der Waals surface area contributed by atoms with Crippen LogP contribution < -0.4 is 4.90 Å². The molecule has 22 heavy (non-hydrogen) atoms. The molecule has 0 atom stereocenters. The van der Waals surface area contributed by atoms with E-state index in [1.807, 2.05) is 36.4 Å². The first-order chi connectivity index (χ1) is 10.6. The van der Waals surface area contributed by atoms with E-state index in [-0.39, 0.29) is 0 Å². The molecule has 0 fully saturated rings. The number of carbonyl (C=O) groups is 1. The van der Waals surface area contributed by atoms with Gasteiger partial charge in [0.2, 0.25) is 0 Å². The predicted octanol–water partition coefficient (Wildman–Crippen LogP) is 4.15. The predicted molar refractivity (Wildman–Crippen MR) is 87.1 cm³/mol. The topological polar surface area (TPSA) is 47.4 Å². The average Bonchev–Trinajstić information content (AvgIpc) is 2.97. The van der Waals surface area contributed by atoms with E-state index in [0.29, 0.717) is 18.1 Å². The Labute approximate surface area is 130 Å². The molecule has 2 aromatic rings. The van der Waals surface area contributed by atoms with Crippen molar-refractivity contribution in [3.63, 3.8) is 0 Å². The van der Waals surface area contributed by atoms with Gasteiger partial charge < -0.3 is 4.74 Å². The molecule has 1 heterocycles. The lowest BCUT2D eigenvalue weighted by Crippen LogP contribution is -2.33. The number of amides is 1. The summed E-state index contributed by atoms with van der Waals surface area (Å²) in [7, 11) is 0. The number of aromatic nitrogens is 2. The molecule has 0 unspecified atom stereocenters. The van der Waals surface area contributed by atoms with Gasteiger partial charge in [-0.05, 0) is 25.5 Å². The molecule has 0 aliphatic heterocycles. The minimum absolute atomic E-state index is 0.372. The number of para-hydroxylation sites is 1. The maximum atomic E-state index is 12.3. The Morgan fingerprint density at radius 3 is 2.68 bits per heavy atom. The fourth-order valence-electron chi connectivity index (χ4n) is 2.09. The molecule has 0 radical (unpaired) electrons. The van der Waals surface area contributed by atoms with Gasteiger partial charge in [-0.3, -0.25) is 4.90 Å². The van der Waals surface area contributed by atoms with Gasteiger partial charge in [-0.1, -0.05) is 38.1 Å². The zero-order valence-electron chi connectivity index (χ0n) is 13.0. The second-order valence-corrected chi connectivity index (χ2v) is 5.01. The lowest BCUT2D eigenvalue weighted by Gasteiger charge is -2.22. The molecular formula is C17H21N3O2. The number of nitrogens with zero attached hydrogens (tertiary/aromatic N) is 3. The lowest BCUT2D eigenvalue weighted by atomic mass is 10.3. The van der Waals surface area contributed by atoms with Gasteiger partial charge in [0, 0.05) is 12.6 Å². The van der Waals surface area contributed by atoms with Crippen LogP contribution in [0.4, 0.5) is 10.6 Å². The fourth-order valence-corrected chi connectivity index (χ4v) is 2.09. The van der Waals surface area contributed by atoms with Crippen molar-refractivity contribution >= 4 is 11.9 Å². The van der Waals surface area contributed by atoms with Crippen LogP contribution in [-0.2, 0) is 4.74 Å². The third-order valence-electron chi connectivity index (χ3n) is 3.12. The Bertz CT molecular complexity index is 634.